The van der Waals surface area contributed by atoms with E-state index in [9.17, 15) is 4.79 Å². The van der Waals surface area contributed by atoms with E-state index >= 15 is 0 Å². The van der Waals surface area contributed by atoms with Crippen LogP contribution in [0.3, 0.4) is 0 Å². The average Bonchev–Trinajstić information content (AvgIpc) is 2.88. The first kappa shape index (κ1) is 13.1. The second-order valence-corrected chi connectivity index (χ2v) is 6.22. The monoisotopic (exact) mass is 281 g/mol. The molecule has 0 bridgehead atoms. The molecule has 1 atom stereocenters. The summed E-state index contributed by atoms with van der Waals surface area (Å²) in [6, 6.07) is 2.01. The Morgan fingerprint density at radius 3 is 3.16 bits per heavy atom. The van der Waals surface area contributed by atoms with Gasteiger partial charge >= 0.3 is 0 Å². The van der Waals surface area contributed by atoms with Crippen LogP contribution < -0.4 is 0 Å². The zero-order chi connectivity index (χ0) is 13.3. The Hall–Kier alpha value is -0.910. The van der Waals surface area contributed by atoms with Gasteiger partial charge in [-0.1, -0.05) is 0 Å². The third-order valence-electron chi connectivity index (χ3n) is 4.03. The minimum atomic E-state index is -0.136. The van der Waals surface area contributed by atoms with Crippen LogP contribution in [0.15, 0.2) is 16.8 Å². The van der Waals surface area contributed by atoms with Gasteiger partial charge in [0.1, 0.15) is 5.60 Å². The first-order valence-corrected chi connectivity index (χ1v) is 7.61. The number of ether oxygens (including phenoxy) is 2. The van der Waals surface area contributed by atoms with Crippen LogP contribution in [0.5, 0.6) is 0 Å². The van der Waals surface area contributed by atoms with Gasteiger partial charge < -0.3 is 14.4 Å². The fourth-order valence-corrected chi connectivity index (χ4v) is 3.58. The Morgan fingerprint density at radius 2 is 2.47 bits per heavy atom. The maximum absolute atomic E-state index is 12.1. The van der Waals surface area contributed by atoms with E-state index < -0.39 is 0 Å². The fourth-order valence-electron chi connectivity index (χ4n) is 2.91. The van der Waals surface area contributed by atoms with E-state index in [0.29, 0.717) is 6.42 Å². The van der Waals surface area contributed by atoms with Gasteiger partial charge in [0.2, 0.25) is 5.91 Å². The highest BCUT2D eigenvalue weighted by atomic mass is 32.1. The predicted molar refractivity (Wildman–Crippen MR) is 73.3 cm³/mol. The van der Waals surface area contributed by atoms with Crippen molar-refractivity contribution < 1.29 is 14.3 Å². The summed E-state index contributed by atoms with van der Waals surface area (Å²) in [6.07, 6.45) is 2.66. The molecule has 2 aliphatic rings. The summed E-state index contributed by atoms with van der Waals surface area (Å²) in [5, 5.41) is 4.04. The van der Waals surface area contributed by atoms with Crippen LogP contribution in [0, 0.1) is 0 Å². The van der Waals surface area contributed by atoms with Crippen molar-refractivity contribution in [2.45, 2.75) is 31.0 Å². The normalized spacial score (nSPS) is 25.3. The molecule has 1 unspecified atom stereocenters. The smallest absolute Gasteiger partial charge is 0.227 e. The van der Waals surface area contributed by atoms with Crippen molar-refractivity contribution in [3.8, 4) is 0 Å². The number of hydrogen-bond acceptors (Lipinski definition) is 4. The lowest BCUT2D eigenvalue weighted by atomic mass is 9.84. The predicted octanol–water partition coefficient (Wildman–Crippen LogP) is 1.70. The molecule has 2 fully saturated rings. The second-order valence-electron chi connectivity index (χ2n) is 5.44. The van der Waals surface area contributed by atoms with Gasteiger partial charge in [0.15, 0.2) is 0 Å². The number of carbonyl (C=O) groups excluding carboxylic acids is 1. The number of amides is 1. The third kappa shape index (κ3) is 2.68. The standard InChI is InChI=1S/C14H19NO3S/c1-17-12-2-4-18-14(7-12)9-15(10-14)13(16)6-11-3-5-19-8-11/h3,5,8,12H,2,4,6-7,9-10H2,1H3. The molecule has 0 N–H and O–H groups in total. The van der Waals surface area contributed by atoms with Crippen molar-refractivity contribution in [2.24, 2.45) is 0 Å². The van der Waals surface area contributed by atoms with Gasteiger partial charge in [-0.05, 0) is 28.8 Å². The van der Waals surface area contributed by atoms with E-state index in [1.807, 2.05) is 21.7 Å². The first-order chi connectivity index (χ1) is 9.21. The Balaban J connectivity index is 1.53. The van der Waals surface area contributed by atoms with Gasteiger partial charge in [-0.15, -0.1) is 0 Å². The minimum absolute atomic E-state index is 0.136. The highest BCUT2D eigenvalue weighted by Gasteiger charge is 2.49. The van der Waals surface area contributed by atoms with Crippen LogP contribution in [-0.4, -0.2) is 49.3 Å². The molecule has 5 heteroatoms. The van der Waals surface area contributed by atoms with Crippen molar-refractivity contribution >= 4 is 17.2 Å². The number of nitrogens with zero attached hydrogens (tertiary/aromatic N) is 1. The number of thiophene rings is 1. The zero-order valence-corrected chi connectivity index (χ0v) is 11.9. The molecule has 104 valence electrons. The van der Waals surface area contributed by atoms with E-state index in [1.165, 1.54) is 0 Å². The van der Waals surface area contributed by atoms with E-state index in [-0.39, 0.29) is 17.6 Å². The Morgan fingerprint density at radius 1 is 1.63 bits per heavy atom. The topological polar surface area (TPSA) is 38.8 Å². The average molecular weight is 281 g/mol. The van der Waals surface area contributed by atoms with Crippen LogP contribution in [0.25, 0.3) is 0 Å². The maximum atomic E-state index is 12.1. The van der Waals surface area contributed by atoms with E-state index in [4.69, 9.17) is 9.47 Å². The van der Waals surface area contributed by atoms with Crippen LogP contribution >= 0.6 is 11.3 Å². The molecule has 1 aromatic rings. The molecule has 2 aliphatic heterocycles. The molecule has 1 aromatic heterocycles. The summed E-state index contributed by atoms with van der Waals surface area (Å²) in [5.74, 6) is 0.201. The van der Waals surface area contributed by atoms with Gasteiger partial charge in [0, 0.05) is 20.1 Å². The minimum Gasteiger partial charge on any atom is -0.381 e. The van der Waals surface area contributed by atoms with Gasteiger partial charge in [-0.3, -0.25) is 4.79 Å². The molecule has 0 radical (unpaired) electrons. The molecular formula is C14H19NO3S. The molecule has 2 saturated heterocycles. The molecular weight excluding hydrogens is 262 g/mol. The van der Waals surface area contributed by atoms with E-state index in [2.05, 4.69) is 0 Å². The highest BCUT2D eigenvalue weighted by molar-refractivity contribution is 7.07. The Kier molecular flexibility index (Phi) is 3.60. The van der Waals surface area contributed by atoms with Gasteiger partial charge in [-0.25, -0.2) is 0 Å². The second kappa shape index (κ2) is 5.23. The van der Waals surface area contributed by atoms with Crippen molar-refractivity contribution in [3.63, 3.8) is 0 Å². The number of methoxy groups -OCH3 is 1. The van der Waals surface area contributed by atoms with Gasteiger partial charge in [-0.2, -0.15) is 11.3 Å². The number of carbonyl (C=O) groups is 1. The Bertz CT molecular complexity index is 440. The zero-order valence-electron chi connectivity index (χ0n) is 11.1. The lowest BCUT2D eigenvalue weighted by Gasteiger charge is -2.52. The van der Waals surface area contributed by atoms with E-state index in [1.54, 1.807) is 18.4 Å². The SMILES string of the molecule is COC1CCOC2(C1)CN(C(=O)Cc1ccsc1)C2. The van der Waals surface area contributed by atoms with Crippen molar-refractivity contribution in [3.05, 3.63) is 22.4 Å². The Labute approximate surface area is 117 Å². The van der Waals surface area contributed by atoms with E-state index in [0.717, 1.165) is 38.1 Å². The molecule has 3 rings (SSSR count). The van der Waals surface area contributed by atoms with Crippen molar-refractivity contribution in [1.82, 2.24) is 4.90 Å². The van der Waals surface area contributed by atoms with Gasteiger partial charge in [0.25, 0.3) is 0 Å². The molecule has 1 amide bonds. The summed E-state index contributed by atoms with van der Waals surface area (Å²) in [7, 11) is 1.75. The summed E-state index contributed by atoms with van der Waals surface area (Å²) >= 11 is 1.63. The molecule has 4 nitrogen and oxygen atoms in total. The number of hydrogen-bond donors (Lipinski definition) is 0. The third-order valence-corrected chi connectivity index (χ3v) is 4.76. The number of rotatable bonds is 3. The summed E-state index contributed by atoms with van der Waals surface area (Å²) in [4.78, 5) is 14.0. The van der Waals surface area contributed by atoms with Crippen molar-refractivity contribution in [1.29, 1.82) is 0 Å². The largest absolute Gasteiger partial charge is 0.381 e. The molecule has 3 heterocycles. The molecule has 0 aromatic carbocycles. The number of likely N-dealkylation sites (tertiary alicyclic amines) is 1. The lowest BCUT2D eigenvalue weighted by Crippen LogP contribution is -2.67. The summed E-state index contributed by atoms with van der Waals surface area (Å²) in [5.41, 5.74) is 0.971. The summed E-state index contributed by atoms with van der Waals surface area (Å²) in [6.45, 7) is 2.18. The first-order valence-electron chi connectivity index (χ1n) is 6.66. The highest BCUT2D eigenvalue weighted by Crippen LogP contribution is 2.35. The quantitative estimate of drug-likeness (QED) is 0.846. The van der Waals surface area contributed by atoms with Gasteiger partial charge in [0.05, 0.1) is 25.6 Å². The fraction of sp³-hybridized carbons (Fsp3) is 0.643. The molecule has 0 saturated carbocycles. The lowest BCUT2D eigenvalue weighted by molar-refractivity contribution is -0.198. The van der Waals surface area contributed by atoms with Crippen molar-refractivity contribution in [2.75, 3.05) is 26.8 Å². The maximum Gasteiger partial charge on any atom is 0.227 e. The van der Waals surface area contributed by atoms with Crippen LogP contribution in [0.4, 0.5) is 0 Å². The molecule has 0 aliphatic carbocycles. The van der Waals surface area contributed by atoms with Crippen LogP contribution in [0.1, 0.15) is 18.4 Å². The van der Waals surface area contributed by atoms with Crippen LogP contribution in [0.2, 0.25) is 0 Å². The molecule has 19 heavy (non-hydrogen) atoms. The molecule has 1 spiro atoms. The summed E-state index contributed by atoms with van der Waals surface area (Å²) < 4.78 is 11.3. The van der Waals surface area contributed by atoms with Crippen LogP contribution in [-0.2, 0) is 20.7 Å².